The van der Waals surface area contributed by atoms with E-state index in [1.54, 1.807) is 38.3 Å². The van der Waals surface area contributed by atoms with Crippen LogP contribution in [0.25, 0.3) is 6.08 Å². The zero-order valence-electron chi connectivity index (χ0n) is 14.7. The minimum absolute atomic E-state index is 0.0417. The SMILES string of the molecule is COc1ccccc1/C=C/C=C1\N=C(c2ccc(C)c([N+](=O)[O-])c2)OC1=O. The molecule has 27 heavy (non-hydrogen) atoms. The maximum absolute atomic E-state index is 12.0. The minimum atomic E-state index is -0.613. The van der Waals surface area contributed by atoms with E-state index in [1.165, 1.54) is 12.1 Å². The van der Waals surface area contributed by atoms with E-state index < -0.39 is 10.9 Å². The monoisotopic (exact) mass is 364 g/mol. The normalized spacial score (nSPS) is 15.1. The van der Waals surface area contributed by atoms with Gasteiger partial charge in [-0.3, -0.25) is 10.1 Å². The van der Waals surface area contributed by atoms with Crippen molar-refractivity contribution in [3.8, 4) is 5.75 Å². The number of nitro groups is 1. The molecule has 1 heterocycles. The van der Waals surface area contributed by atoms with Crippen molar-refractivity contribution in [2.45, 2.75) is 6.92 Å². The number of methoxy groups -OCH3 is 1. The fourth-order valence-electron chi connectivity index (χ4n) is 2.53. The molecule has 0 N–H and O–H groups in total. The highest BCUT2D eigenvalue weighted by Crippen LogP contribution is 2.23. The van der Waals surface area contributed by atoms with Crippen LogP contribution in [0, 0.1) is 17.0 Å². The third-order valence-corrected chi connectivity index (χ3v) is 3.94. The first-order chi connectivity index (χ1) is 13.0. The van der Waals surface area contributed by atoms with Crippen LogP contribution in [0.3, 0.4) is 0 Å². The van der Waals surface area contributed by atoms with Crippen LogP contribution in [-0.2, 0) is 9.53 Å². The van der Waals surface area contributed by atoms with Gasteiger partial charge in [0.2, 0.25) is 5.90 Å². The molecule has 0 radical (unpaired) electrons. The Morgan fingerprint density at radius 2 is 2.00 bits per heavy atom. The van der Waals surface area contributed by atoms with Gasteiger partial charge in [-0.2, -0.15) is 0 Å². The summed E-state index contributed by atoms with van der Waals surface area (Å²) < 4.78 is 10.4. The Bertz CT molecular complexity index is 1010. The van der Waals surface area contributed by atoms with Gasteiger partial charge in [0, 0.05) is 22.8 Å². The molecule has 2 aromatic carbocycles. The molecule has 0 amide bonds. The Morgan fingerprint density at radius 3 is 2.74 bits per heavy atom. The molecule has 1 aliphatic heterocycles. The molecule has 0 unspecified atom stereocenters. The average Bonchev–Trinajstić information content (AvgIpc) is 3.03. The first-order valence-corrected chi connectivity index (χ1v) is 8.07. The van der Waals surface area contributed by atoms with E-state index in [0.717, 1.165) is 5.56 Å². The molecule has 0 aromatic heterocycles. The number of rotatable bonds is 5. The molecule has 0 aliphatic carbocycles. The third-order valence-electron chi connectivity index (χ3n) is 3.94. The zero-order chi connectivity index (χ0) is 19.4. The van der Waals surface area contributed by atoms with Crippen LogP contribution in [0.1, 0.15) is 16.7 Å². The fourth-order valence-corrected chi connectivity index (χ4v) is 2.53. The van der Waals surface area contributed by atoms with Gasteiger partial charge in [-0.05, 0) is 25.1 Å². The minimum Gasteiger partial charge on any atom is -0.496 e. The van der Waals surface area contributed by atoms with Crippen LogP contribution in [-0.4, -0.2) is 23.9 Å². The number of nitrogens with zero attached hydrogens (tertiary/aromatic N) is 2. The lowest BCUT2D eigenvalue weighted by molar-refractivity contribution is -0.385. The molecule has 0 bridgehead atoms. The van der Waals surface area contributed by atoms with Crippen molar-refractivity contribution in [1.29, 1.82) is 0 Å². The van der Waals surface area contributed by atoms with Crippen molar-refractivity contribution >= 4 is 23.6 Å². The predicted octanol–water partition coefficient (Wildman–Crippen LogP) is 3.81. The number of ether oxygens (including phenoxy) is 2. The highest BCUT2D eigenvalue weighted by Gasteiger charge is 2.25. The van der Waals surface area contributed by atoms with Crippen LogP contribution in [0.5, 0.6) is 5.75 Å². The van der Waals surface area contributed by atoms with Crippen molar-refractivity contribution in [3.63, 3.8) is 0 Å². The predicted molar refractivity (Wildman–Crippen MR) is 101 cm³/mol. The summed E-state index contributed by atoms with van der Waals surface area (Å²) in [6.45, 7) is 1.64. The summed E-state index contributed by atoms with van der Waals surface area (Å²) in [6.07, 6.45) is 4.96. The molecule has 0 spiro atoms. The van der Waals surface area contributed by atoms with Crippen molar-refractivity contribution in [2.75, 3.05) is 7.11 Å². The molecule has 0 saturated heterocycles. The number of hydrogen-bond donors (Lipinski definition) is 0. The molecule has 2 aromatic rings. The summed E-state index contributed by atoms with van der Waals surface area (Å²) in [5, 5.41) is 11.1. The van der Waals surface area contributed by atoms with Crippen LogP contribution >= 0.6 is 0 Å². The molecular formula is C20H16N2O5. The molecule has 1 aliphatic rings. The molecular weight excluding hydrogens is 348 g/mol. The lowest BCUT2D eigenvalue weighted by Gasteiger charge is -2.02. The van der Waals surface area contributed by atoms with Gasteiger partial charge in [0.25, 0.3) is 5.69 Å². The van der Waals surface area contributed by atoms with Gasteiger partial charge in [-0.1, -0.05) is 36.4 Å². The summed E-state index contributed by atoms with van der Waals surface area (Å²) in [4.78, 5) is 26.7. The summed E-state index contributed by atoms with van der Waals surface area (Å²) in [5.41, 5.74) is 1.79. The van der Waals surface area contributed by atoms with Crippen LogP contribution < -0.4 is 4.74 Å². The van der Waals surface area contributed by atoms with Gasteiger partial charge in [-0.15, -0.1) is 0 Å². The number of esters is 1. The second-order valence-corrected chi connectivity index (χ2v) is 5.72. The maximum Gasteiger partial charge on any atom is 0.363 e. The Labute approximate surface area is 155 Å². The van der Waals surface area contributed by atoms with E-state index in [2.05, 4.69) is 4.99 Å². The molecule has 7 heteroatoms. The molecule has 0 saturated carbocycles. The Kier molecular flexibility index (Phi) is 5.12. The molecule has 0 fully saturated rings. The number of carbonyl (C=O) groups excluding carboxylic acids is 1. The van der Waals surface area contributed by atoms with Gasteiger partial charge in [0.15, 0.2) is 5.70 Å². The van der Waals surface area contributed by atoms with E-state index in [4.69, 9.17) is 9.47 Å². The van der Waals surface area contributed by atoms with Crippen molar-refractivity contribution in [1.82, 2.24) is 0 Å². The number of aryl methyl sites for hydroxylation is 1. The lowest BCUT2D eigenvalue weighted by atomic mass is 10.1. The first-order valence-electron chi connectivity index (χ1n) is 8.07. The van der Waals surface area contributed by atoms with Crippen LogP contribution in [0.2, 0.25) is 0 Å². The molecule has 7 nitrogen and oxygen atoms in total. The Balaban J connectivity index is 1.86. The number of cyclic esters (lactones) is 1. The number of carbonyl (C=O) groups is 1. The average molecular weight is 364 g/mol. The Hall–Kier alpha value is -3.74. The van der Waals surface area contributed by atoms with E-state index in [9.17, 15) is 14.9 Å². The number of aliphatic imine (C=N–C) groups is 1. The van der Waals surface area contributed by atoms with Crippen molar-refractivity contribution in [3.05, 3.63) is 87.1 Å². The highest BCUT2D eigenvalue weighted by atomic mass is 16.6. The standard InChI is InChI=1S/C20H16N2O5/c1-13-10-11-15(12-17(13)22(24)25)19-21-16(20(23)27-19)8-5-7-14-6-3-4-9-18(14)26-2/h3-12H,1-2H3/b7-5+,16-8-. The van der Waals surface area contributed by atoms with E-state index in [-0.39, 0.29) is 17.3 Å². The second kappa shape index (κ2) is 7.65. The quantitative estimate of drug-likeness (QED) is 0.348. The largest absolute Gasteiger partial charge is 0.496 e. The summed E-state index contributed by atoms with van der Waals surface area (Å²) >= 11 is 0. The van der Waals surface area contributed by atoms with E-state index in [0.29, 0.717) is 16.9 Å². The molecule has 0 atom stereocenters. The summed E-state index contributed by atoms with van der Waals surface area (Å²) in [7, 11) is 1.58. The molecule has 3 rings (SSSR count). The summed E-state index contributed by atoms with van der Waals surface area (Å²) in [5.74, 6) is 0.134. The van der Waals surface area contributed by atoms with Crippen LogP contribution in [0.4, 0.5) is 5.69 Å². The Morgan fingerprint density at radius 1 is 1.22 bits per heavy atom. The van der Waals surface area contributed by atoms with Gasteiger partial charge < -0.3 is 9.47 Å². The van der Waals surface area contributed by atoms with Crippen LogP contribution in [0.15, 0.2) is 65.3 Å². The van der Waals surface area contributed by atoms with Crippen molar-refractivity contribution < 1.29 is 19.2 Å². The van der Waals surface area contributed by atoms with E-state index >= 15 is 0 Å². The van der Waals surface area contributed by atoms with Gasteiger partial charge >= 0.3 is 5.97 Å². The number of benzene rings is 2. The highest BCUT2D eigenvalue weighted by molar-refractivity contribution is 6.11. The van der Waals surface area contributed by atoms with E-state index in [1.807, 2.05) is 24.3 Å². The smallest absolute Gasteiger partial charge is 0.363 e. The zero-order valence-corrected chi connectivity index (χ0v) is 14.7. The molecule has 136 valence electrons. The number of hydrogen-bond acceptors (Lipinski definition) is 6. The maximum atomic E-state index is 12.0. The number of allylic oxidation sites excluding steroid dienone is 2. The van der Waals surface area contributed by atoms with Gasteiger partial charge in [0.1, 0.15) is 5.75 Å². The summed E-state index contributed by atoms with van der Waals surface area (Å²) in [6, 6.07) is 12.0. The lowest BCUT2D eigenvalue weighted by Crippen LogP contribution is -2.06. The van der Waals surface area contributed by atoms with Gasteiger partial charge in [0.05, 0.1) is 12.0 Å². The van der Waals surface area contributed by atoms with Gasteiger partial charge in [-0.25, -0.2) is 9.79 Å². The first kappa shape index (κ1) is 18.1. The fraction of sp³-hybridized carbons (Fsp3) is 0.100. The number of para-hydroxylation sites is 1. The second-order valence-electron chi connectivity index (χ2n) is 5.72. The number of nitro benzene ring substituents is 1. The third kappa shape index (κ3) is 3.92. The van der Waals surface area contributed by atoms with Crippen molar-refractivity contribution in [2.24, 2.45) is 4.99 Å². The topological polar surface area (TPSA) is 91.0 Å².